The van der Waals surface area contributed by atoms with E-state index in [1.165, 1.54) is 18.2 Å². The highest BCUT2D eigenvalue weighted by Crippen LogP contribution is 2.23. The molecule has 0 unspecified atom stereocenters. The highest BCUT2D eigenvalue weighted by Gasteiger charge is 2.14. The highest BCUT2D eigenvalue weighted by molar-refractivity contribution is 6.02. The zero-order chi connectivity index (χ0) is 13.0. The third-order valence-corrected chi connectivity index (χ3v) is 3.12. The van der Waals surface area contributed by atoms with E-state index in [2.05, 4.69) is 4.98 Å². The van der Waals surface area contributed by atoms with Gasteiger partial charge in [-0.05, 0) is 30.3 Å². The molecule has 0 aliphatic carbocycles. The SMILES string of the molecule is O=c1oc2ccc(F)cc2c2nc3ccccn3c12. The van der Waals surface area contributed by atoms with Gasteiger partial charge in [0.15, 0.2) is 5.52 Å². The van der Waals surface area contributed by atoms with E-state index in [4.69, 9.17) is 4.42 Å². The number of fused-ring (bicyclic) bond motifs is 5. The lowest BCUT2D eigenvalue weighted by molar-refractivity contribution is 0.565. The number of nitrogens with zero attached hydrogens (tertiary/aromatic N) is 2. The fourth-order valence-corrected chi connectivity index (χ4v) is 2.30. The Labute approximate surface area is 105 Å². The normalized spacial score (nSPS) is 11.6. The van der Waals surface area contributed by atoms with Crippen molar-refractivity contribution in [2.24, 2.45) is 0 Å². The fourth-order valence-electron chi connectivity index (χ4n) is 2.30. The van der Waals surface area contributed by atoms with Gasteiger partial charge in [0.25, 0.3) is 0 Å². The van der Waals surface area contributed by atoms with E-state index >= 15 is 0 Å². The van der Waals surface area contributed by atoms with E-state index < -0.39 is 5.63 Å². The van der Waals surface area contributed by atoms with Gasteiger partial charge in [0.1, 0.15) is 22.6 Å². The van der Waals surface area contributed by atoms with E-state index in [1.807, 2.05) is 6.07 Å². The molecule has 1 aromatic carbocycles. The summed E-state index contributed by atoms with van der Waals surface area (Å²) < 4.78 is 20.2. The summed E-state index contributed by atoms with van der Waals surface area (Å²) in [7, 11) is 0. The molecular formula is C14H7FN2O2. The summed E-state index contributed by atoms with van der Waals surface area (Å²) in [6, 6.07) is 9.43. The molecule has 5 heteroatoms. The van der Waals surface area contributed by atoms with Crippen LogP contribution in [0.1, 0.15) is 0 Å². The Bertz CT molecular complexity index is 1000. The van der Waals surface area contributed by atoms with Crippen LogP contribution in [0.2, 0.25) is 0 Å². The maximum absolute atomic E-state index is 13.4. The number of hydrogen-bond acceptors (Lipinski definition) is 3. The van der Waals surface area contributed by atoms with Crippen LogP contribution in [-0.2, 0) is 0 Å². The predicted octanol–water partition coefficient (Wildman–Crippen LogP) is 2.73. The Kier molecular flexibility index (Phi) is 1.84. The smallest absolute Gasteiger partial charge is 0.363 e. The van der Waals surface area contributed by atoms with Crippen molar-refractivity contribution >= 4 is 27.6 Å². The molecule has 0 fully saturated rings. The molecule has 0 atom stereocenters. The molecule has 0 bridgehead atoms. The summed E-state index contributed by atoms with van der Waals surface area (Å²) in [5.74, 6) is -0.389. The molecule has 0 amide bonds. The number of aromatic nitrogens is 2. The van der Waals surface area contributed by atoms with Gasteiger partial charge in [-0.1, -0.05) is 6.07 Å². The molecular weight excluding hydrogens is 247 g/mol. The minimum Gasteiger partial charge on any atom is -0.421 e. The summed E-state index contributed by atoms with van der Waals surface area (Å²) >= 11 is 0. The average molecular weight is 254 g/mol. The number of hydrogen-bond donors (Lipinski definition) is 0. The monoisotopic (exact) mass is 254 g/mol. The van der Waals surface area contributed by atoms with Crippen LogP contribution in [-0.4, -0.2) is 9.38 Å². The van der Waals surface area contributed by atoms with Crippen molar-refractivity contribution in [2.75, 3.05) is 0 Å². The lowest BCUT2D eigenvalue weighted by Crippen LogP contribution is -2.02. The molecule has 3 heterocycles. The molecule has 0 saturated heterocycles. The number of benzene rings is 1. The van der Waals surface area contributed by atoms with Crippen LogP contribution in [0.25, 0.3) is 27.6 Å². The van der Waals surface area contributed by atoms with E-state index in [0.717, 1.165) is 0 Å². The molecule has 0 saturated carbocycles. The molecule has 0 aliphatic heterocycles. The van der Waals surface area contributed by atoms with Crippen LogP contribution in [0.3, 0.4) is 0 Å². The Balaban J connectivity index is 2.39. The first kappa shape index (κ1) is 10.3. The quantitative estimate of drug-likeness (QED) is 0.453. The first-order valence-electron chi connectivity index (χ1n) is 5.73. The number of imidazole rings is 1. The van der Waals surface area contributed by atoms with Gasteiger partial charge < -0.3 is 4.42 Å². The van der Waals surface area contributed by atoms with Gasteiger partial charge in [0.05, 0.1) is 0 Å². The predicted molar refractivity (Wildman–Crippen MR) is 68.7 cm³/mol. The maximum Gasteiger partial charge on any atom is 0.363 e. The van der Waals surface area contributed by atoms with Crippen molar-refractivity contribution in [2.45, 2.75) is 0 Å². The van der Waals surface area contributed by atoms with E-state index in [0.29, 0.717) is 27.6 Å². The molecule has 0 radical (unpaired) electrons. The summed E-state index contributed by atoms with van der Waals surface area (Å²) in [6.07, 6.45) is 1.73. The maximum atomic E-state index is 13.4. The van der Waals surface area contributed by atoms with Crippen LogP contribution in [0.5, 0.6) is 0 Å². The fraction of sp³-hybridized carbons (Fsp3) is 0. The van der Waals surface area contributed by atoms with Crippen LogP contribution in [0.15, 0.2) is 51.8 Å². The van der Waals surface area contributed by atoms with Crippen molar-refractivity contribution in [1.82, 2.24) is 9.38 Å². The standard InChI is InChI=1S/C14H7FN2O2/c15-8-4-5-10-9(7-8)12-13(14(18)19-10)17-6-2-1-3-11(17)16-12/h1-7H. The summed E-state index contributed by atoms with van der Waals surface area (Å²) in [5, 5.41) is 0.498. The van der Waals surface area contributed by atoms with Gasteiger partial charge in [-0.25, -0.2) is 14.2 Å². The van der Waals surface area contributed by atoms with E-state index in [9.17, 15) is 9.18 Å². The zero-order valence-electron chi connectivity index (χ0n) is 9.63. The number of rotatable bonds is 0. The second kappa shape index (κ2) is 3.41. The van der Waals surface area contributed by atoms with Crippen molar-refractivity contribution in [3.63, 3.8) is 0 Å². The molecule has 4 rings (SSSR count). The molecule has 92 valence electrons. The molecule has 0 N–H and O–H groups in total. The molecule has 4 nitrogen and oxygen atoms in total. The topological polar surface area (TPSA) is 47.5 Å². The second-order valence-electron chi connectivity index (χ2n) is 4.27. The molecule has 4 aromatic rings. The summed E-state index contributed by atoms with van der Waals surface area (Å²) in [5.41, 5.74) is 1.27. The Morgan fingerprint density at radius 2 is 2.11 bits per heavy atom. The second-order valence-corrected chi connectivity index (χ2v) is 4.27. The molecule has 0 aliphatic rings. The van der Waals surface area contributed by atoms with Gasteiger partial charge >= 0.3 is 5.63 Å². The van der Waals surface area contributed by atoms with Crippen molar-refractivity contribution in [3.05, 3.63) is 58.8 Å². The van der Waals surface area contributed by atoms with Crippen molar-refractivity contribution in [3.8, 4) is 0 Å². The van der Waals surface area contributed by atoms with Crippen molar-refractivity contribution in [1.29, 1.82) is 0 Å². The number of pyridine rings is 1. The van der Waals surface area contributed by atoms with Crippen LogP contribution < -0.4 is 5.63 Å². The third kappa shape index (κ3) is 1.32. The van der Waals surface area contributed by atoms with Gasteiger partial charge in [0, 0.05) is 11.6 Å². The lowest BCUT2D eigenvalue weighted by Gasteiger charge is -1.97. The third-order valence-electron chi connectivity index (χ3n) is 3.12. The van der Waals surface area contributed by atoms with Gasteiger partial charge in [0.2, 0.25) is 0 Å². The van der Waals surface area contributed by atoms with Crippen LogP contribution in [0, 0.1) is 5.82 Å². The first-order chi connectivity index (χ1) is 9.24. The zero-order valence-corrected chi connectivity index (χ0v) is 9.63. The summed E-state index contributed by atoms with van der Waals surface area (Å²) in [6.45, 7) is 0. The van der Waals surface area contributed by atoms with E-state index in [1.54, 1.807) is 22.7 Å². The largest absolute Gasteiger partial charge is 0.421 e. The summed E-state index contributed by atoms with van der Waals surface area (Å²) in [4.78, 5) is 16.4. The minimum atomic E-state index is -0.479. The molecule has 19 heavy (non-hydrogen) atoms. The van der Waals surface area contributed by atoms with Gasteiger partial charge in [-0.3, -0.25) is 4.40 Å². The van der Waals surface area contributed by atoms with Gasteiger partial charge in [-0.2, -0.15) is 0 Å². The first-order valence-corrected chi connectivity index (χ1v) is 5.73. The Hall–Kier alpha value is -2.69. The number of halogens is 1. The Morgan fingerprint density at radius 1 is 1.21 bits per heavy atom. The van der Waals surface area contributed by atoms with E-state index in [-0.39, 0.29) is 5.82 Å². The average Bonchev–Trinajstić information content (AvgIpc) is 2.80. The molecule has 0 spiro atoms. The lowest BCUT2D eigenvalue weighted by atomic mass is 10.2. The van der Waals surface area contributed by atoms with Crippen LogP contribution in [0.4, 0.5) is 4.39 Å². The highest BCUT2D eigenvalue weighted by atomic mass is 19.1. The van der Waals surface area contributed by atoms with Crippen molar-refractivity contribution < 1.29 is 8.81 Å². The van der Waals surface area contributed by atoms with Gasteiger partial charge in [-0.15, -0.1) is 0 Å². The minimum absolute atomic E-state index is 0.328. The molecule has 3 aromatic heterocycles. The van der Waals surface area contributed by atoms with Crippen LogP contribution >= 0.6 is 0 Å². The Morgan fingerprint density at radius 3 is 3.00 bits per heavy atom.